The molecule has 1 aromatic heterocycles. The Labute approximate surface area is 305 Å². The zero-order chi connectivity index (χ0) is 37.7. The zero-order valence-corrected chi connectivity index (χ0v) is 32.3. The number of likely N-dealkylation sites (tertiary alicyclic amines) is 1. The summed E-state index contributed by atoms with van der Waals surface area (Å²) >= 11 is 6.39. The summed E-state index contributed by atoms with van der Waals surface area (Å²) in [4.78, 5) is 61.4. The van der Waals surface area contributed by atoms with Gasteiger partial charge in [-0.25, -0.2) is 8.91 Å². The first-order valence-electron chi connectivity index (χ1n) is 17.6. The Bertz CT molecular complexity index is 1820. The quantitative estimate of drug-likeness (QED) is 0.243. The van der Waals surface area contributed by atoms with E-state index in [1.165, 1.54) is 4.90 Å². The third-order valence-corrected chi connectivity index (χ3v) is 11.5. The molecule has 2 aromatic rings. The number of carbonyl (C=O) groups is 4. The first kappa shape index (κ1) is 38.9. The van der Waals surface area contributed by atoms with Crippen LogP contribution in [0.1, 0.15) is 100 Å². The van der Waals surface area contributed by atoms with Crippen LogP contribution in [0.25, 0.3) is 10.9 Å². The predicted molar refractivity (Wildman–Crippen MR) is 191 cm³/mol. The van der Waals surface area contributed by atoms with Crippen molar-refractivity contribution >= 4 is 56.4 Å². The number of pyridine rings is 1. The average molecular weight is 748 g/mol. The zero-order valence-electron chi connectivity index (χ0n) is 30.7. The van der Waals surface area contributed by atoms with Gasteiger partial charge < -0.3 is 14.4 Å². The summed E-state index contributed by atoms with van der Waals surface area (Å²) in [6.07, 6.45) is 2.58. The number of amides is 2. The van der Waals surface area contributed by atoms with E-state index < -0.39 is 68.2 Å². The summed E-state index contributed by atoms with van der Waals surface area (Å²) in [7, 11) is -4.40. The van der Waals surface area contributed by atoms with E-state index in [4.69, 9.17) is 25.3 Å². The minimum absolute atomic E-state index is 0.0394. The van der Waals surface area contributed by atoms with Crippen LogP contribution in [0.3, 0.4) is 0 Å². The molecule has 1 aliphatic heterocycles. The molecular formula is C37H50ClN3O9S. The Balaban J connectivity index is 1.43. The van der Waals surface area contributed by atoms with Crippen molar-refractivity contribution in [3.8, 4) is 5.75 Å². The average Bonchev–Trinajstić information content (AvgIpc) is 3.87. The highest BCUT2D eigenvalue weighted by Gasteiger charge is 2.62. The molecule has 3 fully saturated rings. The van der Waals surface area contributed by atoms with Crippen LogP contribution < -0.4 is 9.46 Å². The summed E-state index contributed by atoms with van der Waals surface area (Å²) in [5.41, 5.74) is -3.00. The topological polar surface area (TPSA) is 158 Å². The van der Waals surface area contributed by atoms with Gasteiger partial charge in [0.2, 0.25) is 11.8 Å². The molecule has 2 amide bonds. The molecule has 0 radical (unpaired) electrons. The van der Waals surface area contributed by atoms with Crippen molar-refractivity contribution in [2.75, 3.05) is 6.54 Å². The number of fused-ring (bicyclic) bond motifs is 1. The normalized spacial score (nSPS) is 24.9. The van der Waals surface area contributed by atoms with Gasteiger partial charge in [0.25, 0.3) is 0 Å². The number of Topliss-reactive ketones (excluding diaryl/α,β-unsaturated/α-hetero) is 1. The standard InChI is InChI=1S/C37H50ClN3O9S/c1-9-22-19-37(22,33(45)40-51(46,47)50-36(8)14-15-36)20-28(42)27-17-23(48-29-13-16-39-31-24(29)11-10-12-26(31)38)21-41(27)32(44)25(34(2,3)4)18-30(43)49-35(5,6)7/h10-13,16,22-23,25,27H,9,14-15,17-21H2,1-8H3,(H,40,45)/t22-,23-,25-,27+,37-/m1/s1. The third kappa shape index (κ3) is 9.03. The first-order valence-corrected chi connectivity index (χ1v) is 19.4. The fraction of sp³-hybridized carbons (Fsp3) is 0.649. The second-order valence-corrected chi connectivity index (χ2v) is 18.3. The highest BCUT2D eigenvalue weighted by molar-refractivity contribution is 7.85. The molecule has 2 saturated carbocycles. The van der Waals surface area contributed by atoms with Crippen molar-refractivity contribution in [1.82, 2.24) is 14.6 Å². The van der Waals surface area contributed by atoms with Crippen LogP contribution >= 0.6 is 11.6 Å². The van der Waals surface area contributed by atoms with E-state index in [-0.39, 0.29) is 37.5 Å². The van der Waals surface area contributed by atoms with Gasteiger partial charge in [-0.15, -0.1) is 0 Å². The molecule has 2 aliphatic carbocycles. The lowest BCUT2D eigenvalue weighted by Crippen LogP contribution is -2.49. The second kappa shape index (κ2) is 13.9. The van der Waals surface area contributed by atoms with E-state index in [9.17, 15) is 27.6 Å². The van der Waals surface area contributed by atoms with Crippen LogP contribution in [-0.2, 0) is 38.4 Å². The second-order valence-electron chi connectivity index (χ2n) is 16.7. The largest absolute Gasteiger partial charge is 0.488 e. The number of para-hydroxylation sites is 1. The Morgan fingerprint density at radius 2 is 1.78 bits per heavy atom. The number of ether oxygens (including phenoxy) is 2. The molecule has 1 saturated heterocycles. The SMILES string of the molecule is CC[C@@H]1C[C@]1(CC(=O)[C@@H]1C[C@@H](Oc2ccnc3c(Cl)cccc23)CN1C(=O)[C@@H](CC(=O)OC(C)(C)C)C(C)(C)C)C(=O)NS(=O)(=O)OC1(C)CC1. The van der Waals surface area contributed by atoms with Crippen molar-refractivity contribution in [1.29, 1.82) is 0 Å². The number of nitrogens with zero attached hydrogens (tertiary/aromatic N) is 2. The van der Waals surface area contributed by atoms with Crippen molar-refractivity contribution in [2.45, 2.75) is 124 Å². The van der Waals surface area contributed by atoms with Crippen molar-refractivity contribution in [3.05, 3.63) is 35.5 Å². The maximum atomic E-state index is 14.5. The summed E-state index contributed by atoms with van der Waals surface area (Å²) in [5.74, 6) is -2.70. The maximum absolute atomic E-state index is 14.5. The number of hydrogen-bond acceptors (Lipinski definition) is 10. The molecule has 0 bridgehead atoms. The number of nitrogens with one attached hydrogen (secondary N) is 1. The molecule has 1 N–H and O–H groups in total. The lowest BCUT2D eigenvalue weighted by molar-refractivity contribution is -0.161. The monoisotopic (exact) mass is 747 g/mol. The van der Waals surface area contributed by atoms with Crippen molar-refractivity contribution in [3.63, 3.8) is 0 Å². The molecule has 5 atom stereocenters. The third-order valence-electron chi connectivity index (χ3n) is 10.2. The first-order chi connectivity index (χ1) is 23.6. The lowest BCUT2D eigenvalue weighted by Gasteiger charge is -2.35. The molecular weight excluding hydrogens is 698 g/mol. The number of halogens is 1. The Hall–Kier alpha value is -3.29. The number of esters is 1. The molecule has 5 rings (SSSR count). The predicted octanol–water partition coefficient (Wildman–Crippen LogP) is 5.94. The minimum atomic E-state index is -4.40. The van der Waals surface area contributed by atoms with Crippen LogP contribution in [-0.4, -0.2) is 71.8 Å². The molecule has 14 heteroatoms. The van der Waals surface area contributed by atoms with Crippen LogP contribution in [0.5, 0.6) is 5.75 Å². The number of hydrogen-bond donors (Lipinski definition) is 1. The van der Waals surface area contributed by atoms with Gasteiger partial charge in [-0.05, 0) is 76.5 Å². The van der Waals surface area contributed by atoms with Gasteiger partial charge >= 0.3 is 16.3 Å². The minimum Gasteiger partial charge on any atom is -0.488 e. The fourth-order valence-corrected chi connectivity index (χ4v) is 8.41. The molecule has 3 aliphatic rings. The Morgan fingerprint density at radius 1 is 1.10 bits per heavy atom. The van der Waals surface area contributed by atoms with Crippen molar-refractivity contribution in [2.24, 2.45) is 22.7 Å². The smallest absolute Gasteiger partial charge is 0.362 e. The van der Waals surface area contributed by atoms with Gasteiger partial charge in [0.1, 0.15) is 17.5 Å². The van der Waals surface area contributed by atoms with Crippen LogP contribution in [0.2, 0.25) is 5.02 Å². The van der Waals surface area contributed by atoms with Gasteiger partial charge in [0, 0.05) is 24.4 Å². The molecule has 51 heavy (non-hydrogen) atoms. The van der Waals surface area contributed by atoms with Gasteiger partial charge in [0.15, 0.2) is 5.78 Å². The highest BCUT2D eigenvalue weighted by Crippen LogP contribution is 2.58. The number of ketones is 1. The van der Waals surface area contributed by atoms with Crippen LogP contribution in [0.15, 0.2) is 30.5 Å². The van der Waals surface area contributed by atoms with Gasteiger partial charge in [-0.1, -0.05) is 51.8 Å². The van der Waals surface area contributed by atoms with Gasteiger partial charge in [-0.2, -0.15) is 8.42 Å². The number of benzene rings is 1. The molecule has 0 unspecified atom stereocenters. The van der Waals surface area contributed by atoms with Crippen LogP contribution in [0, 0.1) is 22.7 Å². The summed E-state index contributed by atoms with van der Waals surface area (Å²) in [6.45, 7) is 14.4. The van der Waals surface area contributed by atoms with E-state index in [1.54, 1.807) is 52.1 Å². The Morgan fingerprint density at radius 3 is 2.37 bits per heavy atom. The molecule has 1 aromatic carbocycles. The van der Waals surface area contributed by atoms with E-state index >= 15 is 0 Å². The number of aromatic nitrogens is 1. The molecule has 12 nitrogen and oxygen atoms in total. The number of carbonyl (C=O) groups excluding carboxylic acids is 4. The molecule has 280 valence electrons. The maximum Gasteiger partial charge on any atom is 0.362 e. The lowest BCUT2D eigenvalue weighted by atomic mass is 9.77. The summed E-state index contributed by atoms with van der Waals surface area (Å²) in [6, 6.07) is 6.02. The molecule has 2 heterocycles. The van der Waals surface area contributed by atoms with Gasteiger partial charge in [0.05, 0.1) is 46.5 Å². The van der Waals surface area contributed by atoms with Crippen molar-refractivity contribution < 1.29 is 41.3 Å². The van der Waals surface area contributed by atoms with E-state index in [0.29, 0.717) is 47.4 Å². The molecule has 0 spiro atoms. The van der Waals surface area contributed by atoms with E-state index in [2.05, 4.69) is 9.71 Å². The fourth-order valence-electron chi connectivity index (χ4n) is 7.02. The van der Waals surface area contributed by atoms with E-state index in [0.717, 1.165) is 0 Å². The van der Waals surface area contributed by atoms with Gasteiger partial charge in [-0.3, -0.25) is 24.2 Å². The summed E-state index contributed by atoms with van der Waals surface area (Å²) < 4.78 is 44.9. The highest BCUT2D eigenvalue weighted by atomic mass is 35.5. The Kier molecular flexibility index (Phi) is 10.6. The summed E-state index contributed by atoms with van der Waals surface area (Å²) in [5, 5.41) is 1.11. The number of rotatable bonds is 13. The van der Waals surface area contributed by atoms with Crippen LogP contribution in [0.4, 0.5) is 0 Å². The van der Waals surface area contributed by atoms with E-state index in [1.807, 2.05) is 33.8 Å².